The van der Waals surface area contributed by atoms with Crippen molar-refractivity contribution in [2.75, 3.05) is 48.1 Å². The summed E-state index contributed by atoms with van der Waals surface area (Å²) in [5.74, 6) is 2.05. The van der Waals surface area contributed by atoms with Gasteiger partial charge in [-0.2, -0.15) is 5.26 Å². The first kappa shape index (κ1) is 34.7. The summed E-state index contributed by atoms with van der Waals surface area (Å²) in [5, 5.41) is 27.7. The number of carbonyl (C=O) groups is 1. The van der Waals surface area contributed by atoms with Crippen LogP contribution < -0.4 is 29.6 Å². The molecule has 0 aliphatic carbocycles. The highest BCUT2D eigenvalue weighted by Gasteiger charge is 2.38. The smallest absolute Gasteiger partial charge is 0.251 e. The number of nitrogens with one attached hydrogen (secondary N) is 2. The molecule has 0 radical (unpaired) electrons. The van der Waals surface area contributed by atoms with Gasteiger partial charge in [-0.15, -0.1) is 0 Å². The van der Waals surface area contributed by atoms with Gasteiger partial charge in [-0.1, -0.05) is 39.7 Å². The maximum atomic E-state index is 13.0. The molecular weight excluding hydrogens is 534 g/mol. The predicted octanol–water partition coefficient (Wildman–Crippen LogP) is 5.03. The second-order valence-corrected chi connectivity index (χ2v) is 10.8. The fraction of sp³-hybridized carbons (Fsp3) is 0.576. The Morgan fingerprint density at radius 2 is 1.57 bits per heavy atom. The van der Waals surface area contributed by atoms with Gasteiger partial charge < -0.3 is 34.7 Å². The Balaban J connectivity index is 2.05. The van der Waals surface area contributed by atoms with Crippen LogP contribution >= 0.6 is 0 Å². The number of unbranched alkanes of at least 4 members (excludes halogenated alkanes) is 2. The lowest BCUT2D eigenvalue weighted by molar-refractivity contribution is 0.0951. The minimum atomic E-state index is -0.891. The van der Waals surface area contributed by atoms with Gasteiger partial charge in [-0.25, -0.2) is 0 Å². The van der Waals surface area contributed by atoms with Crippen molar-refractivity contribution in [2.45, 2.75) is 70.8 Å². The van der Waals surface area contributed by atoms with E-state index in [0.29, 0.717) is 61.0 Å². The van der Waals surface area contributed by atoms with Crippen molar-refractivity contribution in [3.63, 3.8) is 0 Å². The summed E-state index contributed by atoms with van der Waals surface area (Å²) in [7, 11) is 6.27. The molecule has 0 saturated heterocycles. The molecule has 0 aromatic heterocycles. The normalized spacial score (nSPS) is 13.1. The molecule has 2 rings (SSSR count). The average Bonchev–Trinajstić information content (AvgIpc) is 3.00. The van der Waals surface area contributed by atoms with Gasteiger partial charge >= 0.3 is 0 Å². The number of aliphatic hydroxyl groups is 1. The number of hydrogen-bond donors (Lipinski definition) is 3. The Hall–Kier alpha value is -3.48. The average molecular weight is 584 g/mol. The molecule has 2 aromatic rings. The van der Waals surface area contributed by atoms with Crippen molar-refractivity contribution >= 4 is 5.91 Å². The van der Waals surface area contributed by atoms with E-state index in [1.54, 1.807) is 40.6 Å². The summed E-state index contributed by atoms with van der Waals surface area (Å²) >= 11 is 0. The largest absolute Gasteiger partial charge is 0.493 e. The highest BCUT2D eigenvalue weighted by molar-refractivity contribution is 5.96. The van der Waals surface area contributed by atoms with E-state index in [-0.39, 0.29) is 18.2 Å². The fourth-order valence-electron chi connectivity index (χ4n) is 5.14. The van der Waals surface area contributed by atoms with Crippen LogP contribution in [-0.2, 0) is 11.8 Å². The van der Waals surface area contributed by atoms with Crippen LogP contribution in [0.3, 0.4) is 0 Å². The van der Waals surface area contributed by atoms with E-state index >= 15 is 0 Å². The van der Waals surface area contributed by atoms with Crippen LogP contribution in [0.1, 0.15) is 74.4 Å². The lowest BCUT2D eigenvalue weighted by Gasteiger charge is -2.33. The van der Waals surface area contributed by atoms with Gasteiger partial charge in [0, 0.05) is 12.1 Å². The second kappa shape index (κ2) is 17.5. The number of nitriles is 1. The monoisotopic (exact) mass is 583 g/mol. The van der Waals surface area contributed by atoms with Crippen LogP contribution in [-0.4, -0.2) is 65.2 Å². The zero-order valence-electron chi connectivity index (χ0n) is 26.3. The number of amides is 1. The minimum Gasteiger partial charge on any atom is -0.493 e. The third kappa shape index (κ3) is 9.01. The van der Waals surface area contributed by atoms with E-state index in [2.05, 4.69) is 23.6 Å². The number of carbonyl (C=O) groups excluding carboxylic acids is 1. The molecular formula is C33H49N3O6. The number of benzene rings is 2. The van der Waals surface area contributed by atoms with Gasteiger partial charge in [0.15, 0.2) is 23.0 Å². The molecule has 9 nitrogen and oxygen atoms in total. The number of ether oxygens (including phenoxy) is 4. The minimum absolute atomic E-state index is 0.0418. The summed E-state index contributed by atoms with van der Waals surface area (Å²) < 4.78 is 21.7. The summed E-state index contributed by atoms with van der Waals surface area (Å²) in [6, 6.07) is 11.6. The molecule has 232 valence electrons. The van der Waals surface area contributed by atoms with Crippen LogP contribution in [0.4, 0.5) is 0 Å². The first-order valence-corrected chi connectivity index (χ1v) is 14.8. The van der Waals surface area contributed by atoms with E-state index in [4.69, 9.17) is 18.9 Å². The maximum Gasteiger partial charge on any atom is 0.251 e. The number of aliphatic hydroxyl groups excluding tert-OH is 1. The van der Waals surface area contributed by atoms with Crippen LogP contribution in [0, 0.1) is 17.2 Å². The Morgan fingerprint density at radius 1 is 0.929 bits per heavy atom. The highest BCUT2D eigenvalue weighted by atomic mass is 16.5. The van der Waals surface area contributed by atoms with Crippen molar-refractivity contribution < 1.29 is 28.8 Å². The Kier molecular flexibility index (Phi) is 14.4. The molecule has 0 saturated carbocycles. The lowest BCUT2D eigenvalue weighted by Crippen LogP contribution is -2.36. The maximum absolute atomic E-state index is 13.0. The number of nitrogens with zero attached hydrogens (tertiary/aromatic N) is 1. The molecule has 2 unspecified atom stereocenters. The topological polar surface area (TPSA) is 122 Å². The summed E-state index contributed by atoms with van der Waals surface area (Å²) in [6.07, 6.45) is 3.74. The molecule has 1 amide bonds. The molecule has 3 N–H and O–H groups in total. The van der Waals surface area contributed by atoms with Crippen LogP contribution in [0.15, 0.2) is 30.3 Å². The first-order valence-electron chi connectivity index (χ1n) is 14.8. The van der Waals surface area contributed by atoms with Crippen molar-refractivity contribution in [3.8, 4) is 29.1 Å². The lowest BCUT2D eigenvalue weighted by atomic mass is 9.69. The van der Waals surface area contributed by atoms with E-state index in [9.17, 15) is 15.2 Å². The molecule has 0 aliphatic rings. The summed E-state index contributed by atoms with van der Waals surface area (Å²) in [4.78, 5) is 13.0. The third-order valence-electron chi connectivity index (χ3n) is 7.79. The Morgan fingerprint density at radius 3 is 2.17 bits per heavy atom. The molecule has 0 heterocycles. The van der Waals surface area contributed by atoms with E-state index in [1.165, 1.54) is 0 Å². The predicted molar refractivity (Wildman–Crippen MR) is 165 cm³/mol. The molecule has 0 spiro atoms. The van der Waals surface area contributed by atoms with Crippen LogP contribution in [0.2, 0.25) is 0 Å². The van der Waals surface area contributed by atoms with Crippen molar-refractivity contribution in [2.24, 2.45) is 5.92 Å². The molecule has 0 bridgehead atoms. The second-order valence-electron chi connectivity index (χ2n) is 10.8. The van der Waals surface area contributed by atoms with Crippen LogP contribution in [0.5, 0.6) is 23.0 Å². The van der Waals surface area contributed by atoms with E-state index < -0.39 is 11.5 Å². The summed E-state index contributed by atoms with van der Waals surface area (Å²) in [5.41, 5.74) is 1.32. The van der Waals surface area contributed by atoms with E-state index in [0.717, 1.165) is 30.4 Å². The van der Waals surface area contributed by atoms with Crippen molar-refractivity contribution in [3.05, 3.63) is 47.0 Å². The van der Waals surface area contributed by atoms with Gasteiger partial charge in [0.25, 0.3) is 5.91 Å². The zero-order valence-corrected chi connectivity index (χ0v) is 26.3. The van der Waals surface area contributed by atoms with Gasteiger partial charge in [0.2, 0.25) is 0 Å². The quantitative estimate of drug-likeness (QED) is 0.197. The number of hydrogen-bond acceptors (Lipinski definition) is 8. The third-order valence-corrected chi connectivity index (χ3v) is 7.79. The number of rotatable bonds is 19. The number of methoxy groups -OCH3 is 4. The van der Waals surface area contributed by atoms with Gasteiger partial charge in [0.05, 0.1) is 46.0 Å². The fourth-order valence-corrected chi connectivity index (χ4v) is 5.14. The molecule has 0 aliphatic heterocycles. The molecule has 0 fully saturated rings. The van der Waals surface area contributed by atoms with Crippen molar-refractivity contribution in [1.82, 2.24) is 10.6 Å². The van der Waals surface area contributed by atoms with E-state index in [1.807, 2.05) is 32.0 Å². The first-order chi connectivity index (χ1) is 20.2. The Labute approximate surface area is 251 Å². The molecule has 9 heteroatoms. The SMILES string of the molecule is CCCCCNC(=O)c1cc(OC)c(OC)cc1CCNCCC(O)CC(C#N)(c1ccc(OC)c(OC)c1)C(C)C. The highest BCUT2D eigenvalue weighted by Crippen LogP contribution is 2.40. The molecule has 42 heavy (non-hydrogen) atoms. The summed E-state index contributed by atoms with van der Waals surface area (Å²) in [6.45, 7) is 7.89. The Bertz CT molecular complexity index is 1180. The van der Waals surface area contributed by atoms with Gasteiger partial charge in [-0.05, 0) is 80.1 Å². The van der Waals surface area contributed by atoms with Crippen molar-refractivity contribution in [1.29, 1.82) is 5.26 Å². The van der Waals surface area contributed by atoms with Crippen LogP contribution in [0.25, 0.3) is 0 Å². The molecule has 2 aromatic carbocycles. The van der Waals surface area contributed by atoms with Gasteiger partial charge in [0.1, 0.15) is 0 Å². The zero-order chi connectivity index (χ0) is 31.1. The molecule has 2 atom stereocenters. The standard InChI is InChI=1S/C33H49N3O6/c1-8-9-10-15-36-32(38)27-20-31(42-7)29(40-5)18-24(27)13-16-35-17-14-26(37)21-33(22-34,23(2)3)25-11-12-28(39-4)30(19-25)41-6/h11-12,18-20,23,26,35,37H,8-10,13-17,21H2,1-7H3,(H,36,38). The van der Waals surface area contributed by atoms with Gasteiger partial charge in [-0.3, -0.25) is 4.79 Å².